The maximum Gasteiger partial charge on any atom is 0.0702 e. The first-order chi connectivity index (χ1) is 7.70. The summed E-state index contributed by atoms with van der Waals surface area (Å²) in [7, 11) is 0. The Morgan fingerprint density at radius 2 is 2.00 bits per heavy atom. The van der Waals surface area contributed by atoms with Gasteiger partial charge in [0.25, 0.3) is 0 Å². The van der Waals surface area contributed by atoms with E-state index in [1.807, 2.05) is 13.0 Å². The Labute approximate surface area is 96.3 Å². The average Bonchev–Trinajstić information content (AvgIpc) is 2.30. The molecule has 1 saturated heterocycles. The Bertz CT molecular complexity index is 357. The summed E-state index contributed by atoms with van der Waals surface area (Å²) >= 11 is 0. The zero-order valence-corrected chi connectivity index (χ0v) is 9.69. The highest BCUT2D eigenvalue weighted by atomic mass is 16.3. The fraction of sp³-hybridized carbons (Fsp3) is 0.538. The summed E-state index contributed by atoms with van der Waals surface area (Å²) in [6.07, 6.45) is 1.48. The van der Waals surface area contributed by atoms with Crippen molar-refractivity contribution in [1.29, 1.82) is 0 Å². The number of benzene rings is 1. The number of aryl methyl sites for hydroxylation is 1. The van der Waals surface area contributed by atoms with E-state index in [1.165, 1.54) is 5.56 Å². The van der Waals surface area contributed by atoms with Crippen LogP contribution in [0.4, 0.5) is 5.69 Å². The van der Waals surface area contributed by atoms with Gasteiger partial charge in [-0.15, -0.1) is 0 Å². The summed E-state index contributed by atoms with van der Waals surface area (Å²) in [6.45, 7) is 3.85. The van der Waals surface area contributed by atoms with Crippen LogP contribution in [-0.2, 0) is 6.61 Å². The molecule has 1 aromatic rings. The molecule has 3 heteroatoms. The summed E-state index contributed by atoms with van der Waals surface area (Å²) in [6, 6.07) is 6.17. The lowest BCUT2D eigenvalue weighted by atomic mass is 10.0. The van der Waals surface area contributed by atoms with Gasteiger partial charge in [0, 0.05) is 24.3 Å². The van der Waals surface area contributed by atoms with Crippen molar-refractivity contribution in [2.75, 3.05) is 18.0 Å². The Morgan fingerprint density at radius 3 is 2.62 bits per heavy atom. The molecule has 0 aromatic heterocycles. The molecular weight excluding hydrogens is 202 g/mol. The Balaban J connectivity index is 2.19. The van der Waals surface area contributed by atoms with Crippen LogP contribution in [0.5, 0.6) is 0 Å². The second-order valence-corrected chi connectivity index (χ2v) is 4.51. The second kappa shape index (κ2) is 4.85. The minimum Gasteiger partial charge on any atom is -0.393 e. The van der Waals surface area contributed by atoms with E-state index >= 15 is 0 Å². The normalized spacial score (nSPS) is 17.8. The van der Waals surface area contributed by atoms with Gasteiger partial charge >= 0.3 is 0 Å². The van der Waals surface area contributed by atoms with E-state index in [0.29, 0.717) is 0 Å². The first-order valence-electron chi connectivity index (χ1n) is 5.84. The second-order valence-electron chi connectivity index (χ2n) is 4.51. The number of piperidine rings is 1. The standard InChI is InChI=1S/C13H19NO2/c1-10-2-3-13(11(8-10)9-15)14-6-4-12(16)5-7-14/h2-3,8,12,15-16H,4-7,9H2,1H3. The fourth-order valence-corrected chi connectivity index (χ4v) is 2.26. The summed E-state index contributed by atoms with van der Waals surface area (Å²) in [4.78, 5) is 2.25. The smallest absolute Gasteiger partial charge is 0.0702 e. The molecule has 88 valence electrons. The lowest BCUT2D eigenvalue weighted by Crippen LogP contribution is -2.36. The molecular formula is C13H19NO2. The van der Waals surface area contributed by atoms with Crippen molar-refractivity contribution in [2.24, 2.45) is 0 Å². The van der Waals surface area contributed by atoms with Crippen LogP contribution in [0.15, 0.2) is 18.2 Å². The van der Waals surface area contributed by atoms with Crippen molar-refractivity contribution in [3.05, 3.63) is 29.3 Å². The molecule has 1 aliphatic heterocycles. The number of aliphatic hydroxyl groups is 2. The molecule has 3 nitrogen and oxygen atoms in total. The van der Waals surface area contributed by atoms with Gasteiger partial charge in [-0.3, -0.25) is 0 Å². The van der Waals surface area contributed by atoms with E-state index in [-0.39, 0.29) is 12.7 Å². The number of hydrogen-bond donors (Lipinski definition) is 2. The monoisotopic (exact) mass is 221 g/mol. The molecule has 1 fully saturated rings. The zero-order valence-electron chi connectivity index (χ0n) is 9.69. The average molecular weight is 221 g/mol. The molecule has 0 radical (unpaired) electrons. The van der Waals surface area contributed by atoms with Crippen LogP contribution in [0.25, 0.3) is 0 Å². The van der Waals surface area contributed by atoms with E-state index < -0.39 is 0 Å². The molecule has 0 unspecified atom stereocenters. The summed E-state index contributed by atoms with van der Waals surface area (Å²) in [5.41, 5.74) is 3.27. The van der Waals surface area contributed by atoms with Crippen LogP contribution in [0.3, 0.4) is 0 Å². The van der Waals surface area contributed by atoms with Crippen molar-refractivity contribution in [3.63, 3.8) is 0 Å². The minimum absolute atomic E-state index is 0.0794. The highest BCUT2D eigenvalue weighted by molar-refractivity contribution is 5.55. The van der Waals surface area contributed by atoms with Crippen molar-refractivity contribution in [3.8, 4) is 0 Å². The predicted octanol–water partition coefficient (Wildman–Crippen LogP) is 1.45. The van der Waals surface area contributed by atoms with Crippen molar-refractivity contribution < 1.29 is 10.2 Å². The van der Waals surface area contributed by atoms with Crippen LogP contribution >= 0.6 is 0 Å². The highest BCUT2D eigenvalue weighted by Gasteiger charge is 2.18. The molecule has 2 N–H and O–H groups in total. The third-order valence-corrected chi connectivity index (χ3v) is 3.21. The third kappa shape index (κ3) is 2.36. The summed E-state index contributed by atoms with van der Waals surface area (Å²) in [5, 5.41) is 18.8. The van der Waals surface area contributed by atoms with E-state index in [0.717, 1.165) is 37.2 Å². The lowest BCUT2D eigenvalue weighted by Gasteiger charge is -2.32. The zero-order chi connectivity index (χ0) is 11.5. The highest BCUT2D eigenvalue weighted by Crippen LogP contribution is 2.25. The van der Waals surface area contributed by atoms with Gasteiger partial charge in [-0.2, -0.15) is 0 Å². The molecule has 1 aromatic carbocycles. The van der Waals surface area contributed by atoms with Gasteiger partial charge < -0.3 is 15.1 Å². The van der Waals surface area contributed by atoms with Crippen LogP contribution in [0, 0.1) is 6.92 Å². The minimum atomic E-state index is -0.153. The molecule has 1 heterocycles. The van der Waals surface area contributed by atoms with Gasteiger partial charge in [-0.05, 0) is 25.8 Å². The molecule has 0 spiro atoms. The molecule has 2 rings (SSSR count). The van der Waals surface area contributed by atoms with Crippen LogP contribution in [-0.4, -0.2) is 29.4 Å². The van der Waals surface area contributed by atoms with E-state index in [4.69, 9.17) is 0 Å². The van der Waals surface area contributed by atoms with Gasteiger partial charge in [0.05, 0.1) is 12.7 Å². The van der Waals surface area contributed by atoms with Crippen LogP contribution in [0.2, 0.25) is 0 Å². The fourth-order valence-electron chi connectivity index (χ4n) is 2.26. The molecule has 0 atom stereocenters. The molecule has 16 heavy (non-hydrogen) atoms. The van der Waals surface area contributed by atoms with Gasteiger partial charge in [0.15, 0.2) is 0 Å². The summed E-state index contributed by atoms with van der Waals surface area (Å²) in [5.74, 6) is 0. The van der Waals surface area contributed by atoms with Gasteiger partial charge in [-0.1, -0.05) is 17.7 Å². The number of aliphatic hydroxyl groups excluding tert-OH is 2. The van der Waals surface area contributed by atoms with Crippen LogP contribution in [0.1, 0.15) is 24.0 Å². The predicted molar refractivity (Wildman–Crippen MR) is 64.6 cm³/mol. The van der Waals surface area contributed by atoms with Crippen molar-refractivity contribution in [1.82, 2.24) is 0 Å². The molecule has 0 amide bonds. The lowest BCUT2D eigenvalue weighted by molar-refractivity contribution is 0.145. The number of hydrogen-bond acceptors (Lipinski definition) is 3. The third-order valence-electron chi connectivity index (χ3n) is 3.21. The largest absolute Gasteiger partial charge is 0.393 e. The van der Waals surface area contributed by atoms with E-state index in [9.17, 15) is 10.2 Å². The SMILES string of the molecule is Cc1ccc(N2CCC(O)CC2)c(CO)c1. The maximum atomic E-state index is 9.47. The topological polar surface area (TPSA) is 43.7 Å². The Kier molecular flexibility index (Phi) is 3.46. The van der Waals surface area contributed by atoms with Crippen LogP contribution < -0.4 is 4.90 Å². The quantitative estimate of drug-likeness (QED) is 0.794. The number of nitrogens with zero attached hydrogens (tertiary/aromatic N) is 1. The van der Waals surface area contributed by atoms with Gasteiger partial charge in [0.2, 0.25) is 0 Å². The van der Waals surface area contributed by atoms with E-state index in [2.05, 4.69) is 17.0 Å². The molecule has 0 saturated carbocycles. The molecule has 0 bridgehead atoms. The van der Waals surface area contributed by atoms with E-state index in [1.54, 1.807) is 0 Å². The number of anilines is 1. The number of rotatable bonds is 2. The first kappa shape index (κ1) is 11.4. The summed E-state index contributed by atoms with van der Waals surface area (Å²) < 4.78 is 0. The van der Waals surface area contributed by atoms with Crippen molar-refractivity contribution in [2.45, 2.75) is 32.5 Å². The molecule has 1 aliphatic rings. The maximum absolute atomic E-state index is 9.47. The van der Waals surface area contributed by atoms with Crippen molar-refractivity contribution >= 4 is 5.69 Å². The van der Waals surface area contributed by atoms with Gasteiger partial charge in [0.1, 0.15) is 0 Å². The Morgan fingerprint density at radius 1 is 1.31 bits per heavy atom. The Hall–Kier alpha value is -1.06. The molecule has 0 aliphatic carbocycles. The first-order valence-corrected chi connectivity index (χ1v) is 5.84. The van der Waals surface area contributed by atoms with Gasteiger partial charge in [-0.25, -0.2) is 0 Å².